The van der Waals surface area contributed by atoms with Crippen molar-refractivity contribution in [2.75, 3.05) is 31.1 Å². The minimum atomic E-state index is -4.59. The number of ether oxygens (including phenoxy) is 1. The van der Waals surface area contributed by atoms with Gasteiger partial charge < -0.3 is 14.5 Å². The molecule has 1 aliphatic heterocycles. The number of hydrogen-bond acceptors (Lipinski definition) is 6. The second-order valence-electron chi connectivity index (χ2n) is 6.15. The van der Waals surface area contributed by atoms with E-state index in [1.54, 1.807) is 6.07 Å². The van der Waals surface area contributed by atoms with E-state index in [1.807, 2.05) is 4.90 Å². The summed E-state index contributed by atoms with van der Waals surface area (Å²) in [6.07, 6.45) is -4.59. The van der Waals surface area contributed by atoms with E-state index in [0.717, 1.165) is 6.07 Å². The number of rotatable bonds is 3. The van der Waals surface area contributed by atoms with E-state index in [1.165, 1.54) is 36.1 Å². The Balaban J connectivity index is 1.66. The zero-order valence-corrected chi connectivity index (χ0v) is 14.9. The Kier molecular flexibility index (Phi) is 5.48. The number of alkyl halides is 3. The Hall–Kier alpha value is -3.17. The van der Waals surface area contributed by atoms with Gasteiger partial charge in [-0.15, -0.1) is 10.2 Å². The van der Waals surface area contributed by atoms with Crippen molar-refractivity contribution in [2.45, 2.75) is 13.1 Å². The maximum atomic E-state index is 13.1. The molecule has 0 unspecified atom stereocenters. The quantitative estimate of drug-likeness (QED) is 0.745. The highest BCUT2D eigenvalue weighted by molar-refractivity contribution is 5.96. The summed E-state index contributed by atoms with van der Waals surface area (Å²) in [5.41, 5.74) is -1.29. The van der Waals surface area contributed by atoms with Crippen molar-refractivity contribution in [1.82, 2.24) is 15.1 Å². The molecule has 10 heteroatoms. The van der Waals surface area contributed by atoms with Gasteiger partial charge in [0.1, 0.15) is 0 Å². The van der Waals surface area contributed by atoms with Gasteiger partial charge in [0.15, 0.2) is 5.82 Å². The van der Waals surface area contributed by atoms with E-state index in [-0.39, 0.29) is 24.5 Å². The van der Waals surface area contributed by atoms with Crippen LogP contribution in [0.15, 0.2) is 36.4 Å². The Morgan fingerprint density at radius 1 is 1.00 bits per heavy atom. The summed E-state index contributed by atoms with van der Waals surface area (Å²) in [6, 6.07) is 7.90. The predicted octanol–water partition coefficient (Wildman–Crippen LogP) is 2.38. The number of hydrogen-bond donors (Lipinski definition) is 0. The summed E-state index contributed by atoms with van der Waals surface area (Å²) in [7, 11) is 0. The minimum Gasteiger partial charge on any atom is -0.406 e. The number of benzene rings is 1. The second-order valence-corrected chi connectivity index (χ2v) is 6.15. The maximum Gasteiger partial charge on any atom is 0.417 e. The Morgan fingerprint density at radius 2 is 1.68 bits per heavy atom. The molecule has 148 valence electrons. The molecule has 2 heterocycles. The highest BCUT2D eigenvalue weighted by atomic mass is 19.4. The molecule has 0 spiro atoms. The predicted molar refractivity (Wildman–Crippen MR) is 92.9 cm³/mol. The average Bonchev–Trinajstić information content (AvgIpc) is 2.67. The largest absolute Gasteiger partial charge is 0.417 e. The van der Waals surface area contributed by atoms with Gasteiger partial charge in [-0.1, -0.05) is 12.1 Å². The van der Waals surface area contributed by atoms with Crippen LogP contribution >= 0.6 is 0 Å². The lowest BCUT2D eigenvalue weighted by molar-refractivity contribution is -0.138. The lowest BCUT2D eigenvalue weighted by Gasteiger charge is -2.35. The van der Waals surface area contributed by atoms with Crippen LogP contribution < -0.4 is 9.64 Å². The van der Waals surface area contributed by atoms with Crippen LogP contribution in [0, 0.1) is 0 Å². The Labute approximate surface area is 158 Å². The Bertz CT molecular complexity index is 863. The van der Waals surface area contributed by atoms with Crippen molar-refractivity contribution in [2.24, 2.45) is 0 Å². The molecule has 28 heavy (non-hydrogen) atoms. The molecule has 3 rings (SSSR count). The van der Waals surface area contributed by atoms with Crippen LogP contribution in [0.3, 0.4) is 0 Å². The van der Waals surface area contributed by atoms with Crippen molar-refractivity contribution < 1.29 is 27.5 Å². The second kappa shape index (κ2) is 7.83. The lowest BCUT2D eigenvalue weighted by Crippen LogP contribution is -2.49. The van der Waals surface area contributed by atoms with Crippen LogP contribution in [0.2, 0.25) is 0 Å². The molecule has 0 atom stereocenters. The molecule has 1 aliphatic rings. The highest BCUT2D eigenvalue weighted by Crippen LogP contribution is 2.32. The molecule has 2 aromatic rings. The summed E-state index contributed by atoms with van der Waals surface area (Å²) in [4.78, 5) is 26.7. The van der Waals surface area contributed by atoms with Gasteiger partial charge in [-0.2, -0.15) is 13.2 Å². The number of halogens is 3. The summed E-state index contributed by atoms with van der Waals surface area (Å²) in [5, 5.41) is 7.77. The number of anilines is 1. The van der Waals surface area contributed by atoms with Crippen LogP contribution in [0.5, 0.6) is 5.88 Å². The van der Waals surface area contributed by atoms with Crippen LogP contribution in [0.4, 0.5) is 19.0 Å². The first-order valence-electron chi connectivity index (χ1n) is 8.48. The molecule has 1 aromatic carbocycles. The normalized spacial score (nSPS) is 14.7. The lowest BCUT2D eigenvalue weighted by atomic mass is 10.1. The van der Waals surface area contributed by atoms with Gasteiger partial charge in [-0.25, -0.2) is 0 Å². The van der Waals surface area contributed by atoms with E-state index in [0.29, 0.717) is 18.9 Å². The summed E-state index contributed by atoms with van der Waals surface area (Å²) in [6.45, 7) is 2.53. The van der Waals surface area contributed by atoms with Gasteiger partial charge in [0.05, 0.1) is 11.1 Å². The molecule has 7 nitrogen and oxygen atoms in total. The summed E-state index contributed by atoms with van der Waals surface area (Å²) >= 11 is 0. The van der Waals surface area contributed by atoms with Crippen molar-refractivity contribution >= 4 is 17.7 Å². The van der Waals surface area contributed by atoms with Crippen LogP contribution in [-0.2, 0) is 11.0 Å². The molecule has 0 saturated carbocycles. The SMILES string of the molecule is CC(=O)Oc1ccc(N2CCN(C(=O)c3ccccc3C(F)(F)F)CC2)nn1. The fourth-order valence-electron chi connectivity index (χ4n) is 2.91. The average molecular weight is 394 g/mol. The number of nitrogens with zero attached hydrogens (tertiary/aromatic N) is 4. The number of amides is 1. The first-order valence-corrected chi connectivity index (χ1v) is 8.48. The molecule has 0 N–H and O–H groups in total. The van der Waals surface area contributed by atoms with Gasteiger partial charge in [0.25, 0.3) is 5.91 Å². The molecule has 0 bridgehead atoms. The van der Waals surface area contributed by atoms with E-state index >= 15 is 0 Å². The van der Waals surface area contributed by atoms with E-state index in [9.17, 15) is 22.8 Å². The van der Waals surface area contributed by atoms with Gasteiger partial charge in [-0.3, -0.25) is 9.59 Å². The fourth-order valence-corrected chi connectivity index (χ4v) is 2.91. The maximum absolute atomic E-state index is 13.1. The molecular weight excluding hydrogens is 377 g/mol. The number of piperazine rings is 1. The van der Waals surface area contributed by atoms with Crippen molar-refractivity contribution in [3.8, 4) is 5.88 Å². The molecule has 1 amide bonds. The molecule has 1 saturated heterocycles. The van der Waals surface area contributed by atoms with E-state index < -0.39 is 23.6 Å². The third kappa shape index (κ3) is 4.38. The van der Waals surface area contributed by atoms with E-state index in [4.69, 9.17) is 4.74 Å². The van der Waals surface area contributed by atoms with Gasteiger partial charge in [0.2, 0.25) is 5.88 Å². The minimum absolute atomic E-state index is 0.0776. The van der Waals surface area contributed by atoms with Gasteiger partial charge in [0, 0.05) is 39.2 Å². The monoisotopic (exact) mass is 394 g/mol. The molecular formula is C18H17F3N4O3. The van der Waals surface area contributed by atoms with Crippen molar-refractivity contribution in [1.29, 1.82) is 0 Å². The van der Waals surface area contributed by atoms with Crippen molar-refractivity contribution in [3.63, 3.8) is 0 Å². The van der Waals surface area contributed by atoms with Crippen LogP contribution in [0.1, 0.15) is 22.8 Å². The number of carbonyl (C=O) groups is 2. The van der Waals surface area contributed by atoms with Crippen LogP contribution in [0.25, 0.3) is 0 Å². The molecule has 0 aliphatic carbocycles. The van der Waals surface area contributed by atoms with Gasteiger partial charge in [-0.05, 0) is 18.2 Å². The topological polar surface area (TPSA) is 75.6 Å². The zero-order valence-electron chi connectivity index (χ0n) is 14.9. The van der Waals surface area contributed by atoms with Crippen molar-refractivity contribution in [3.05, 3.63) is 47.5 Å². The zero-order chi connectivity index (χ0) is 20.3. The molecule has 1 aromatic heterocycles. The number of carbonyl (C=O) groups excluding carboxylic acids is 2. The smallest absolute Gasteiger partial charge is 0.406 e. The number of aromatic nitrogens is 2. The molecule has 0 radical (unpaired) electrons. The standard InChI is InChI=1S/C18H17F3N4O3/c1-12(26)28-16-7-6-15(22-23-16)24-8-10-25(11-9-24)17(27)13-4-2-3-5-14(13)18(19,20)21/h2-7H,8-11H2,1H3. The highest BCUT2D eigenvalue weighted by Gasteiger charge is 2.36. The van der Waals surface area contributed by atoms with Gasteiger partial charge >= 0.3 is 12.1 Å². The third-order valence-corrected chi connectivity index (χ3v) is 4.23. The third-order valence-electron chi connectivity index (χ3n) is 4.23. The number of esters is 1. The first kappa shape index (κ1) is 19.6. The van der Waals surface area contributed by atoms with Crippen LogP contribution in [-0.4, -0.2) is 53.2 Å². The fraction of sp³-hybridized carbons (Fsp3) is 0.333. The van der Waals surface area contributed by atoms with E-state index in [2.05, 4.69) is 10.2 Å². The molecule has 1 fully saturated rings. The Morgan fingerprint density at radius 3 is 2.25 bits per heavy atom. The summed E-state index contributed by atoms with van der Waals surface area (Å²) < 4.78 is 44.3. The summed E-state index contributed by atoms with van der Waals surface area (Å²) in [5.74, 6) is -0.551. The first-order chi connectivity index (χ1) is 13.3.